The van der Waals surface area contributed by atoms with Gasteiger partial charge in [-0.25, -0.2) is 0 Å². The number of halogens is 2. The Morgan fingerprint density at radius 3 is 2.08 bits per heavy atom. The van der Waals surface area contributed by atoms with Gasteiger partial charge in [-0.3, -0.25) is 14.4 Å². The van der Waals surface area contributed by atoms with Crippen LogP contribution in [0.15, 0.2) is 65.1 Å². The van der Waals surface area contributed by atoms with E-state index in [1.54, 1.807) is 30.3 Å². The maximum absolute atomic E-state index is 13.6. The zero-order valence-corrected chi connectivity index (χ0v) is 24.0. The highest BCUT2D eigenvalue weighted by Crippen LogP contribution is 2.54. The standard InChI is InChI=1S/C31H31Cl2NO5/c1-30(2)12-21(35)28-24(14-30)39-25-15-31(3,4)13-22(36)29(25)27(28)18-7-5-6-8-23(18)38-16-26(37)34-17-9-10-19(32)20(33)11-17/h5-11,27H,12-16H2,1-4H3,(H,34,37). The summed E-state index contributed by atoms with van der Waals surface area (Å²) >= 11 is 12.0. The lowest BCUT2D eigenvalue weighted by molar-refractivity contribution is -0.121. The first kappa shape index (κ1) is 27.5. The van der Waals surface area contributed by atoms with Crippen molar-refractivity contribution in [1.29, 1.82) is 0 Å². The summed E-state index contributed by atoms with van der Waals surface area (Å²) in [6.07, 6.45) is 1.93. The van der Waals surface area contributed by atoms with Crippen LogP contribution in [-0.2, 0) is 19.1 Å². The second kappa shape index (κ2) is 10.1. The first-order valence-electron chi connectivity index (χ1n) is 13.0. The molecule has 6 nitrogen and oxygen atoms in total. The third-order valence-corrected chi connectivity index (χ3v) is 8.11. The lowest BCUT2D eigenvalue weighted by Gasteiger charge is -2.43. The van der Waals surface area contributed by atoms with Crippen LogP contribution in [0.25, 0.3) is 0 Å². The molecule has 0 saturated heterocycles. The van der Waals surface area contributed by atoms with Gasteiger partial charge < -0.3 is 14.8 Å². The van der Waals surface area contributed by atoms with Crippen LogP contribution in [-0.4, -0.2) is 24.1 Å². The smallest absolute Gasteiger partial charge is 0.262 e. The van der Waals surface area contributed by atoms with Crippen LogP contribution in [0.3, 0.4) is 0 Å². The van der Waals surface area contributed by atoms with Crippen LogP contribution in [0.1, 0.15) is 64.9 Å². The number of nitrogens with one attached hydrogen (secondary N) is 1. The monoisotopic (exact) mass is 567 g/mol. The summed E-state index contributed by atoms with van der Waals surface area (Å²) in [6.45, 7) is 7.93. The van der Waals surface area contributed by atoms with Gasteiger partial charge in [-0.15, -0.1) is 0 Å². The summed E-state index contributed by atoms with van der Waals surface area (Å²) in [6, 6.07) is 12.1. The number of carbonyl (C=O) groups excluding carboxylic acids is 3. The molecule has 204 valence electrons. The highest BCUT2D eigenvalue weighted by molar-refractivity contribution is 6.42. The van der Waals surface area contributed by atoms with E-state index >= 15 is 0 Å². The van der Waals surface area contributed by atoms with Crippen molar-refractivity contribution in [3.63, 3.8) is 0 Å². The molecule has 2 aromatic rings. The number of anilines is 1. The van der Waals surface area contributed by atoms with Crippen molar-refractivity contribution >= 4 is 46.4 Å². The lowest BCUT2D eigenvalue weighted by Crippen LogP contribution is -2.37. The van der Waals surface area contributed by atoms with Gasteiger partial charge in [0.1, 0.15) is 17.3 Å². The van der Waals surface area contributed by atoms with E-state index in [2.05, 4.69) is 33.0 Å². The molecule has 1 amide bonds. The molecule has 5 rings (SSSR count). The van der Waals surface area contributed by atoms with Crippen molar-refractivity contribution in [3.8, 4) is 5.75 Å². The van der Waals surface area contributed by atoms with Gasteiger partial charge in [0.2, 0.25) is 0 Å². The average molecular weight is 568 g/mol. The minimum absolute atomic E-state index is 0.0254. The number of ether oxygens (including phenoxy) is 2. The topological polar surface area (TPSA) is 81.7 Å². The highest BCUT2D eigenvalue weighted by atomic mass is 35.5. The van der Waals surface area contributed by atoms with Gasteiger partial charge in [0.15, 0.2) is 18.2 Å². The van der Waals surface area contributed by atoms with Crippen LogP contribution in [0.5, 0.6) is 5.75 Å². The van der Waals surface area contributed by atoms with Crippen molar-refractivity contribution in [3.05, 3.63) is 80.7 Å². The number of ketones is 2. The Hall–Kier alpha value is -3.09. The molecule has 1 N–H and O–H groups in total. The van der Waals surface area contributed by atoms with Gasteiger partial charge in [0.05, 0.1) is 16.0 Å². The van der Waals surface area contributed by atoms with Crippen LogP contribution in [0.4, 0.5) is 5.69 Å². The van der Waals surface area contributed by atoms with Gasteiger partial charge in [0, 0.05) is 48.1 Å². The lowest BCUT2D eigenvalue weighted by atomic mass is 9.65. The Morgan fingerprint density at radius 1 is 0.897 bits per heavy atom. The second-order valence-corrected chi connectivity index (χ2v) is 12.9. The molecule has 0 saturated carbocycles. The summed E-state index contributed by atoms with van der Waals surface area (Å²) in [7, 11) is 0. The van der Waals surface area contributed by atoms with Crippen molar-refractivity contribution in [2.45, 2.75) is 59.3 Å². The number of benzene rings is 2. The SMILES string of the molecule is CC1(C)CC(=O)C2=C(C1)OC1=C(C(=O)CC(C)(C)C1)C2c1ccccc1OCC(=O)Nc1ccc(Cl)c(Cl)c1. The molecule has 0 aromatic heterocycles. The maximum atomic E-state index is 13.6. The molecule has 39 heavy (non-hydrogen) atoms. The molecule has 3 aliphatic rings. The fourth-order valence-electron chi connectivity index (χ4n) is 5.75. The molecule has 0 radical (unpaired) electrons. The molecular weight excluding hydrogens is 537 g/mol. The fourth-order valence-corrected chi connectivity index (χ4v) is 6.05. The van der Waals surface area contributed by atoms with Crippen molar-refractivity contribution < 1.29 is 23.9 Å². The molecule has 0 fully saturated rings. The summed E-state index contributed by atoms with van der Waals surface area (Å²) < 4.78 is 12.4. The molecule has 1 aliphatic heterocycles. The summed E-state index contributed by atoms with van der Waals surface area (Å²) in [5, 5.41) is 3.46. The first-order chi connectivity index (χ1) is 18.3. The van der Waals surface area contributed by atoms with E-state index in [0.29, 0.717) is 75.4 Å². The van der Waals surface area contributed by atoms with E-state index in [0.717, 1.165) is 0 Å². The van der Waals surface area contributed by atoms with E-state index in [9.17, 15) is 14.4 Å². The van der Waals surface area contributed by atoms with Crippen LogP contribution in [0, 0.1) is 10.8 Å². The normalized spacial score (nSPS) is 20.3. The van der Waals surface area contributed by atoms with Gasteiger partial charge in [-0.05, 0) is 35.1 Å². The predicted molar refractivity (Wildman–Crippen MR) is 151 cm³/mol. The van der Waals surface area contributed by atoms with Gasteiger partial charge >= 0.3 is 0 Å². The van der Waals surface area contributed by atoms with Crippen LogP contribution in [0.2, 0.25) is 10.0 Å². The Balaban J connectivity index is 1.49. The number of para-hydroxylation sites is 1. The van der Waals surface area contributed by atoms with Crippen LogP contribution < -0.4 is 10.1 Å². The maximum Gasteiger partial charge on any atom is 0.262 e. The Kier molecular flexibility index (Phi) is 7.15. The molecule has 0 bridgehead atoms. The Morgan fingerprint density at radius 2 is 1.49 bits per heavy atom. The summed E-state index contributed by atoms with van der Waals surface area (Å²) in [5.74, 6) is 0.662. The fraction of sp³-hybridized carbons (Fsp3) is 0.387. The number of hydrogen-bond acceptors (Lipinski definition) is 5. The molecule has 2 aliphatic carbocycles. The third-order valence-electron chi connectivity index (χ3n) is 7.37. The van der Waals surface area contributed by atoms with Gasteiger partial charge in [-0.2, -0.15) is 0 Å². The zero-order chi connectivity index (χ0) is 28.1. The quantitative estimate of drug-likeness (QED) is 0.406. The largest absolute Gasteiger partial charge is 0.483 e. The molecule has 0 unspecified atom stereocenters. The zero-order valence-electron chi connectivity index (χ0n) is 22.5. The molecule has 0 spiro atoms. The van der Waals surface area contributed by atoms with Crippen molar-refractivity contribution in [1.82, 2.24) is 0 Å². The molecule has 2 aromatic carbocycles. The molecule has 8 heteroatoms. The minimum atomic E-state index is -0.606. The number of Topliss-reactive ketones (excluding diaryl/α,β-unsaturated/α-hetero) is 2. The second-order valence-electron chi connectivity index (χ2n) is 12.1. The summed E-state index contributed by atoms with van der Waals surface area (Å²) in [4.78, 5) is 39.9. The van der Waals surface area contributed by atoms with Crippen molar-refractivity contribution in [2.24, 2.45) is 10.8 Å². The molecule has 1 heterocycles. The van der Waals surface area contributed by atoms with E-state index < -0.39 is 5.92 Å². The average Bonchev–Trinajstić information content (AvgIpc) is 2.82. The molecular formula is C31H31Cl2NO5. The van der Waals surface area contributed by atoms with Crippen LogP contribution >= 0.6 is 23.2 Å². The number of amides is 1. The van der Waals surface area contributed by atoms with Crippen molar-refractivity contribution in [2.75, 3.05) is 11.9 Å². The van der Waals surface area contributed by atoms with Gasteiger partial charge in [0.25, 0.3) is 5.91 Å². The predicted octanol–water partition coefficient (Wildman–Crippen LogP) is 7.41. The number of carbonyl (C=O) groups is 3. The third kappa shape index (κ3) is 5.64. The van der Waals surface area contributed by atoms with E-state index in [-0.39, 0.29) is 34.9 Å². The van der Waals surface area contributed by atoms with Gasteiger partial charge in [-0.1, -0.05) is 69.1 Å². The number of allylic oxidation sites excluding steroid dienone is 4. The summed E-state index contributed by atoms with van der Waals surface area (Å²) in [5.41, 5.74) is 1.72. The minimum Gasteiger partial charge on any atom is -0.483 e. The Bertz CT molecular complexity index is 1400. The van der Waals surface area contributed by atoms with E-state index in [1.807, 2.05) is 12.1 Å². The first-order valence-corrected chi connectivity index (χ1v) is 13.8. The molecule has 0 atom stereocenters. The number of hydrogen-bond donors (Lipinski definition) is 1. The van der Waals surface area contributed by atoms with E-state index in [1.165, 1.54) is 0 Å². The Labute approximate surface area is 238 Å². The van der Waals surface area contributed by atoms with E-state index in [4.69, 9.17) is 32.7 Å². The number of rotatable bonds is 5. The highest BCUT2D eigenvalue weighted by Gasteiger charge is 2.48.